The van der Waals surface area contributed by atoms with Gasteiger partial charge in [0.25, 0.3) is 0 Å². The highest BCUT2D eigenvalue weighted by atomic mass is 15.2. The van der Waals surface area contributed by atoms with E-state index >= 15 is 0 Å². The summed E-state index contributed by atoms with van der Waals surface area (Å²) in [6.45, 7) is 6.87. The summed E-state index contributed by atoms with van der Waals surface area (Å²) in [7, 11) is 2.23. The third-order valence-electron chi connectivity index (χ3n) is 4.02. The van der Waals surface area contributed by atoms with Crippen LogP contribution in [-0.2, 0) is 6.54 Å². The van der Waals surface area contributed by atoms with Crippen molar-refractivity contribution in [3.8, 4) is 0 Å². The van der Waals surface area contributed by atoms with Gasteiger partial charge in [-0.2, -0.15) is 0 Å². The Bertz CT molecular complexity index is 336. The highest BCUT2D eigenvalue weighted by Gasteiger charge is 2.28. The number of benzene rings is 1. The van der Waals surface area contributed by atoms with Gasteiger partial charge >= 0.3 is 0 Å². The van der Waals surface area contributed by atoms with Crippen LogP contribution in [0.5, 0.6) is 0 Å². The molecule has 0 amide bonds. The van der Waals surface area contributed by atoms with E-state index in [9.17, 15) is 0 Å². The van der Waals surface area contributed by atoms with Gasteiger partial charge in [-0.1, -0.05) is 37.3 Å². The van der Waals surface area contributed by atoms with Crippen LogP contribution in [0.25, 0.3) is 0 Å². The van der Waals surface area contributed by atoms with Gasteiger partial charge in [0.1, 0.15) is 0 Å². The largest absolute Gasteiger partial charge is 0.310 e. The van der Waals surface area contributed by atoms with Crippen LogP contribution in [0.2, 0.25) is 0 Å². The number of nitrogens with zero attached hydrogens (tertiary/aromatic N) is 1. The maximum Gasteiger partial charge on any atom is 0.0208 e. The Morgan fingerprint density at radius 1 is 1.24 bits per heavy atom. The molecule has 2 rings (SSSR count). The molecule has 1 aromatic carbocycles. The van der Waals surface area contributed by atoms with Crippen molar-refractivity contribution in [2.75, 3.05) is 13.6 Å². The predicted molar refractivity (Wildman–Crippen MR) is 72.9 cm³/mol. The van der Waals surface area contributed by atoms with Gasteiger partial charge in [0.05, 0.1) is 0 Å². The Balaban J connectivity index is 1.87. The number of nitrogens with one attached hydrogen (secondary N) is 1. The number of hydrogen-bond acceptors (Lipinski definition) is 2. The zero-order valence-electron chi connectivity index (χ0n) is 11.2. The molecule has 2 heteroatoms. The molecule has 0 saturated carbocycles. The van der Waals surface area contributed by atoms with Crippen molar-refractivity contribution in [1.29, 1.82) is 0 Å². The van der Waals surface area contributed by atoms with Crippen molar-refractivity contribution in [2.45, 2.75) is 38.9 Å². The summed E-state index contributed by atoms with van der Waals surface area (Å²) >= 11 is 0. The molecular weight excluding hydrogens is 208 g/mol. The van der Waals surface area contributed by atoms with E-state index in [0.717, 1.165) is 12.5 Å². The second kappa shape index (κ2) is 5.65. The van der Waals surface area contributed by atoms with E-state index in [0.29, 0.717) is 12.1 Å². The smallest absolute Gasteiger partial charge is 0.0208 e. The summed E-state index contributed by atoms with van der Waals surface area (Å²) in [6.07, 6.45) is 1.25. The molecule has 1 aliphatic heterocycles. The van der Waals surface area contributed by atoms with Gasteiger partial charge in [0, 0.05) is 25.2 Å². The maximum atomic E-state index is 3.71. The molecule has 94 valence electrons. The van der Waals surface area contributed by atoms with Gasteiger partial charge in [-0.05, 0) is 31.9 Å². The van der Waals surface area contributed by atoms with E-state index in [1.807, 2.05) is 0 Å². The third-order valence-corrected chi connectivity index (χ3v) is 4.02. The summed E-state index contributed by atoms with van der Waals surface area (Å²) < 4.78 is 0. The topological polar surface area (TPSA) is 15.3 Å². The first-order chi connectivity index (χ1) is 8.16. The van der Waals surface area contributed by atoms with Crippen molar-refractivity contribution in [1.82, 2.24) is 10.2 Å². The molecule has 0 unspecified atom stereocenters. The molecule has 0 aliphatic carbocycles. The molecule has 17 heavy (non-hydrogen) atoms. The van der Waals surface area contributed by atoms with Crippen molar-refractivity contribution in [2.24, 2.45) is 5.92 Å². The molecule has 1 fully saturated rings. The summed E-state index contributed by atoms with van der Waals surface area (Å²) in [6, 6.07) is 12.0. The molecule has 0 aromatic heterocycles. The zero-order chi connectivity index (χ0) is 12.3. The lowest BCUT2D eigenvalue weighted by atomic mass is 9.90. The lowest BCUT2D eigenvalue weighted by molar-refractivity contribution is 0.121. The minimum Gasteiger partial charge on any atom is -0.310 e. The predicted octanol–water partition coefficient (Wildman–Crippen LogP) is 2.50. The van der Waals surface area contributed by atoms with Crippen molar-refractivity contribution in [3.05, 3.63) is 35.9 Å². The molecule has 1 aromatic rings. The third kappa shape index (κ3) is 3.30. The average molecular weight is 232 g/mol. The van der Waals surface area contributed by atoms with Crippen LogP contribution in [0.4, 0.5) is 0 Å². The molecule has 0 radical (unpaired) electrons. The lowest BCUT2D eigenvalue weighted by Crippen LogP contribution is -2.50. The first-order valence-corrected chi connectivity index (χ1v) is 6.64. The second-order valence-corrected chi connectivity index (χ2v) is 5.47. The first-order valence-electron chi connectivity index (χ1n) is 6.64. The van der Waals surface area contributed by atoms with Crippen LogP contribution in [0.15, 0.2) is 30.3 Å². The summed E-state index contributed by atoms with van der Waals surface area (Å²) in [5.74, 6) is 0.736. The lowest BCUT2D eigenvalue weighted by Gasteiger charge is -2.40. The fourth-order valence-electron chi connectivity index (χ4n) is 2.67. The Morgan fingerprint density at radius 3 is 2.65 bits per heavy atom. The van der Waals surface area contributed by atoms with E-state index < -0.39 is 0 Å². The summed E-state index contributed by atoms with van der Waals surface area (Å²) in [5, 5.41) is 3.71. The number of piperidine rings is 1. The van der Waals surface area contributed by atoms with Gasteiger partial charge in [-0.3, -0.25) is 0 Å². The Hall–Kier alpha value is -0.860. The van der Waals surface area contributed by atoms with Crippen LogP contribution < -0.4 is 5.32 Å². The van der Waals surface area contributed by atoms with Crippen molar-refractivity contribution < 1.29 is 0 Å². The van der Waals surface area contributed by atoms with Crippen LogP contribution >= 0.6 is 0 Å². The molecule has 1 N–H and O–H groups in total. The molecular formula is C15H24N2. The van der Waals surface area contributed by atoms with Gasteiger partial charge in [-0.25, -0.2) is 0 Å². The van der Waals surface area contributed by atoms with Gasteiger partial charge < -0.3 is 10.2 Å². The van der Waals surface area contributed by atoms with Crippen molar-refractivity contribution in [3.63, 3.8) is 0 Å². The highest BCUT2D eigenvalue weighted by Crippen LogP contribution is 2.20. The minimum absolute atomic E-state index is 0.654. The van der Waals surface area contributed by atoms with Crippen LogP contribution in [-0.4, -0.2) is 30.6 Å². The van der Waals surface area contributed by atoms with Crippen LogP contribution in [0.3, 0.4) is 0 Å². The minimum atomic E-state index is 0.654. The molecule has 1 aliphatic rings. The maximum absolute atomic E-state index is 3.71. The average Bonchev–Trinajstić information content (AvgIpc) is 2.33. The summed E-state index contributed by atoms with van der Waals surface area (Å²) in [4.78, 5) is 2.46. The van der Waals surface area contributed by atoms with Gasteiger partial charge in [0.2, 0.25) is 0 Å². The van der Waals surface area contributed by atoms with Gasteiger partial charge in [0.15, 0.2) is 0 Å². The molecule has 0 spiro atoms. The molecule has 1 heterocycles. The monoisotopic (exact) mass is 232 g/mol. The number of rotatable bonds is 3. The van der Waals surface area contributed by atoms with E-state index in [-0.39, 0.29) is 0 Å². The van der Waals surface area contributed by atoms with Gasteiger partial charge in [-0.15, -0.1) is 0 Å². The standard InChI is InChI=1S/C15H24N2/c1-12-11-17(3)13(2)9-15(12)16-10-14-7-5-4-6-8-14/h4-8,12-13,15-16H,9-11H2,1-3H3/t12-,13-,15+/m1/s1. The Morgan fingerprint density at radius 2 is 1.94 bits per heavy atom. The zero-order valence-corrected chi connectivity index (χ0v) is 11.2. The SMILES string of the molecule is C[C@@H]1CN(C)[C@H](C)C[C@@H]1NCc1ccccc1. The van der Waals surface area contributed by atoms with E-state index in [2.05, 4.69) is 61.4 Å². The molecule has 0 bridgehead atoms. The number of hydrogen-bond donors (Lipinski definition) is 1. The quantitative estimate of drug-likeness (QED) is 0.861. The fraction of sp³-hybridized carbons (Fsp3) is 0.600. The first kappa shape index (κ1) is 12.6. The van der Waals surface area contributed by atoms with E-state index in [1.165, 1.54) is 18.5 Å². The summed E-state index contributed by atoms with van der Waals surface area (Å²) in [5.41, 5.74) is 1.38. The second-order valence-electron chi connectivity index (χ2n) is 5.47. The molecule has 2 nitrogen and oxygen atoms in total. The van der Waals surface area contributed by atoms with E-state index in [1.54, 1.807) is 0 Å². The molecule has 1 saturated heterocycles. The normalized spacial score (nSPS) is 30.4. The number of likely N-dealkylation sites (tertiary alicyclic amines) is 1. The highest BCUT2D eigenvalue weighted by molar-refractivity contribution is 5.14. The Kier molecular flexibility index (Phi) is 4.19. The van der Waals surface area contributed by atoms with E-state index in [4.69, 9.17) is 0 Å². The molecule has 3 atom stereocenters. The fourth-order valence-corrected chi connectivity index (χ4v) is 2.67. The Labute approximate surface area is 105 Å². The van der Waals surface area contributed by atoms with Crippen LogP contribution in [0, 0.1) is 5.92 Å². The van der Waals surface area contributed by atoms with Crippen LogP contribution in [0.1, 0.15) is 25.8 Å². The van der Waals surface area contributed by atoms with Crippen molar-refractivity contribution >= 4 is 0 Å².